The van der Waals surface area contributed by atoms with E-state index in [0.29, 0.717) is 22.2 Å². The molecule has 0 saturated heterocycles. The number of ether oxygens (including phenoxy) is 2. The van der Waals surface area contributed by atoms with Gasteiger partial charge in [-0.1, -0.05) is 17.7 Å². The number of aromatic nitrogens is 1. The monoisotopic (exact) mass is 408 g/mol. The van der Waals surface area contributed by atoms with E-state index in [4.69, 9.17) is 9.47 Å². The average Bonchev–Trinajstić information content (AvgIpc) is 3.36. The minimum Gasteiger partial charge on any atom is -0.454 e. The molecule has 3 aromatic rings. The molecule has 0 atom stereocenters. The van der Waals surface area contributed by atoms with Crippen molar-refractivity contribution in [1.29, 1.82) is 0 Å². The van der Waals surface area contributed by atoms with Crippen molar-refractivity contribution in [2.75, 3.05) is 12.1 Å². The molecular weight excluding hydrogens is 388 g/mol. The second-order valence-electron chi connectivity index (χ2n) is 6.90. The Labute approximate surface area is 172 Å². The molecular formula is C22H20N2O4S. The van der Waals surface area contributed by atoms with Crippen LogP contribution in [0.25, 0.3) is 11.3 Å². The van der Waals surface area contributed by atoms with Crippen LogP contribution in [-0.2, 0) is 4.79 Å². The summed E-state index contributed by atoms with van der Waals surface area (Å²) >= 11 is 1.34. The molecule has 148 valence electrons. The van der Waals surface area contributed by atoms with Crippen molar-refractivity contribution in [2.24, 2.45) is 0 Å². The van der Waals surface area contributed by atoms with Gasteiger partial charge in [-0.05, 0) is 43.7 Å². The molecule has 1 aromatic heterocycles. The van der Waals surface area contributed by atoms with Gasteiger partial charge in [-0.25, -0.2) is 4.98 Å². The van der Waals surface area contributed by atoms with Crippen LogP contribution >= 0.6 is 11.3 Å². The molecule has 0 fully saturated rings. The number of rotatable bonds is 6. The molecule has 2 aromatic carbocycles. The molecule has 0 unspecified atom stereocenters. The van der Waals surface area contributed by atoms with E-state index in [1.165, 1.54) is 11.3 Å². The number of carbonyl (C=O) groups excluding carboxylic acids is 2. The number of hydrogen-bond acceptors (Lipinski definition) is 6. The van der Waals surface area contributed by atoms with Gasteiger partial charge in [0.1, 0.15) is 0 Å². The summed E-state index contributed by atoms with van der Waals surface area (Å²) in [6.45, 7) is 4.07. The Balaban J connectivity index is 1.36. The largest absolute Gasteiger partial charge is 0.454 e. The Bertz CT molecular complexity index is 1090. The molecule has 0 spiro atoms. The fourth-order valence-electron chi connectivity index (χ4n) is 3.10. The van der Waals surface area contributed by atoms with Crippen LogP contribution in [0.4, 0.5) is 5.13 Å². The molecule has 0 aliphatic carbocycles. The number of benzene rings is 2. The molecule has 1 aliphatic rings. The lowest BCUT2D eigenvalue weighted by Crippen LogP contribution is -2.13. The lowest BCUT2D eigenvalue weighted by molar-refractivity contribution is -0.116. The maximum Gasteiger partial charge on any atom is 0.231 e. The molecule has 1 amide bonds. The van der Waals surface area contributed by atoms with E-state index >= 15 is 0 Å². The molecule has 29 heavy (non-hydrogen) atoms. The summed E-state index contributed by atoms with van der Waals surface area (Å²) in [6.07, 6.45) is 0.279. The second kappa shape index (κ2) is 8.05. The van der Waals surface area contributed by atoms with E-state index in [1.54, 1.807) is 0 Å². The zero-order chi connectivity index (χ0) is 20.4. The Morgan fingerprint density at radius 2 is 1.90 bits per heavy atom. The first kappa shape index (κ1) is 19.1. The van der Waals surface area contributed by atoms with Gasteiger partial charge in [0.05, 0.1) is 5.69 Å². The molecule has 1 aliphatic heterocycles. The van der Waals surface area contributed by atoms with Gasteiger partial charge in [0.15, 0.2) is 22.4 Å². The van der Waals surface area contributed by atoms with Crippen molar-refractivity contribution in [3.63, 3.8) is 0 Å². The number of amides is 1. The lowest BCUT2D eigenvalue weighted by Gasteiger charge is -2.06. The smallest absolute Gasteiger partial charge is 0.231 e. The van der Waals surface area contributed by atoms with Gasteiger partial charge in [-0.15, -0.1) is 11.3 Å². The SMILES string of the molecule is Cc1ccc(C)c(C(=O)CCC(=O)Nc2nc(-c3ccc4c(c3)OCO4)cs2)c1. The van der Waals surface area contributed by atoms with Crippen molar-refractivity contribution in [2.45, 2.75) is 26.7 Å². The minimum absolute atomic E-state index is 0.0264. The molecule has 0 radical (unpaired) electrons. The van der Waals surface area contributed by atoms with Gasteiger partial charge < -0.3 is 14.8 Å². The van der Waals surface area contributed by atoms with Crippen LogP contribution in [0.1, 0.15) is 34.3 Å². The first-order valence-electron chi connectivity index (χ1n) is 9.25. The topological polar surface area (TPSA) is 77.5 Å². The number of nitrogens with zero attached hydrogens (tertiary/aromatic N) is 1. The molecule has 2 heterocycles. The third-order valence-corrected chi connectivity index (χ3v) is 5.45. The van der Waals surface area contributed by atoms with E-state index in [9.17, 15) is 9.59 Å². The third-order valence-electron chi connectivity index (χ3n) is 4.69. The van der Waals surface area contributed by atoms with Crippen LogP contribution in [0.15, 0.2) is 41.8 Å². The number of ketones is 1. The minimum atomic E-state index is -0.227. The molecule has 0 saturated carbocycles. The zero-order valence-corrected chi connectivity index (χ0v) is 17.0. The number of nitrogens with one attached hydrogen (secondary N) is 1. The number of aryl methyl sites for hydroxylation is 2. The van der Waals surface area contributed by atoms with Gasteiger partial charge >= 0.3 is 0 Å². The van der Waals surface area contributed by atoms with Gasteiger partial charge in [-0.2, -0.15) is 0 Å². The van der Waals surface area contributed by atoms with Crippen molar-refractivity contribution in [1.82, 2.24) is 4.98 Å². The average molecular weight is 408 g/mol. The summed E-state index contributed by atoms with van der Waals surface area (Å²) in [5.74, 6) is 1.15. The number of carbonyl (C=O) groups is 2. The fraction of sp³-hybridized carbons (Fsp3) is 0.227. The predicted molar refractivity (Wildman–Crippen MR) is 112 cm³/mol. The van der Waals surface area contributed by atoms with E-state index in [1.807, 2.05) is 55.6 Å². The third kappa shape index (κ3) is 4.30. The Hall–Kier alpha value is -3.19. The van der Waals surface area contributed by atoms with Gasteiger partial charge in [-0.3, -0.25) is 9.59 Å². The van der Waals surface area contributed by atoms with E-state index in [0.717, 1.165) is 22.4 Å². The van der Waals surface area contributed by atoms with Crippen molar-refractivity contribution in [3.05, 3.63) is 58.5 Å². The fourth-order valence-corrected chi connectivity index (χ4v) is 3.84. The zero-order valence-electron chi connectivity index (χ0n) is 16.2. The summed E-state index contributed by atoms with van der Waals surface area (Å²) in [4.78, 5) is 29.2. The molecule has 7 heteroatoms. The van der Waals surface area contributed by atoms with Crippen molar-refractivity contribution in [3.8, 4) is 22.8 Å². The predicted octanol–water partition coefficient (Wildman–Crippen LogP) is 4.76. The maximum atomic E-state index is 12.4. The van der Waals surface area contributed by atoms with E-state index in [2.05, 4.69) is 10.3 Å². The summed E-state index contributed by atoms with van der Waals surface area (Å²) < 4.78 is 10.7. The summed E-state index contributed by atoms with van der Waals surface area (Å²) in [5.41, 5.74) is 4.26. The highest BCUT2D eigenvalue weighted by molar-refractivity contribution is 7.14. The van der Waals surface area contributed by atoms with Crippen LogP contribution in [0.2, 0.25) is 0 Å². The second-order valence-corrected chi connectivity index (χ2v) is 7.75. The highest BCUT2D eigenvalue weighted by Crippen LogP contribution is 2.36. The van der Waals surface area contributed by atoms with Gasteiger partial charge in [0.2, 0.25) is 12.7 Å². The molecule has 0 bridgehead atoms. The van der Waals surface area contributed by atoms with Crippen LogP contribution in [0.3, 0.4) is 0 Å². The molecule has 4 rings (SSSR count). The van der Waals surface area contributed by atoms with Crippen LogP contribution < -0.4 is 14.8 Å². The number of Topliss-reactive ketones (excluding diaryl/α,β-unsaturated/α-hetero) is 1. The summed E-state index contributed by atoms with van der Waals surface area (Å²) in [6, 6.07) is 11.4. The standard InChI is InChI=1S/C22H20N2O4S/c1-13-3-4-14(2)16(9-13)18(25)6-8-21(26)24-22-23-17(11-29-22)15-5-7-19-20(10-15)28-12-27-19/h3-5,7,9-11H,6,8,12H2,1-2H3,(H,23,24,26). The van der Waals surface area contributed by atoms with Crippen LogP contribution in [-0.4, -0.2) is 23.5 Å². The first-order valence-corrected chi connectivity index (χ1v) is 10.1. The van der Waals surface area contributed by atoms with Crippen molar-refractivity contribution < 1.29 is 19.1 Å². The highest BCUT2D eigenvalue weighted by atomic mass is 32.1. The molecule has 1 N–H and O–H groups in total. The first-order chi connectivity index (χ1) is 14.0. The van der Waals surface area contributed by atoms with E-state index < -0.39 is 0 Å². The maximum absolute atomic E-state index is 12.4. The lowest BCUT2D eigenvalue weighted by atomic mass is 9.99. The normalized spacial score (nSPS) is 12.1. The number of fused-ring (bicyclic) bond motifs is 1. The Morgan fingerprint density at radius 3 is 2.76 bits per heavy atom. The number of anilines is 1. The van der Waals surface area contributed by atoms with Crippen LogP contribution in [0.5, 0.6) is 11.5 Å². The van der Waals surface area contributed by atoms with Gasteiger partial charge in [0, 0.05) is 29.3 Å². The summed E-state index contributed by atoms with van der Waals surface area (Å²) in [5, 5.41) is 5.15. The quantitative estimate of drug-likeness (QED) is 0.595. The van der Waals surface area contributed by atoms with Crippen LogP contribution in [0, 0.1) is 13.8 Å². The Morgan fingerprint density at radius 1 is 1.07 bits per heavy atom. The number of hydrogen-bond donors (Lipinski definition) is 1. The van der Waals surface area contributed by atoms with E-state index in [-0.39, 0.29) is 31.3 Å². The Kier molecular flexibility index (Phi) is 5.31. The van der Waals surface area contributed by atoms with Gasteiger partial charge in [0.25, 0.3) is 0 Å². The highest BCUT2D eigenvalue weighted by Gasteiger charge is 2.16. The van der Waals surface area contributed by atoms with Crippen molar-refractivity contribution >= 4 is 28.2 Å². The summed E-state index contributed by atoms with van der Waals surface area (Å²) in [7, 11) is 0. The number of thiazole rings is 1. The molecule has 6 nitrogen and oxygen atoms in total.